The summed E-state index contributed by atoms with van der Waals surface area (Å²) >= 11 is 5.90. The summed E-state index contributed by atoms with van der Waals surface area (Å²) in [6.07, 6.45) is 0.870. The normalized spacial score (nSPS) is 26.6. The first-order valence-corrected chi connectivity index (χ1v) is 4.59. The van der Waals surface area contributed by atoms with Gasteiger partial charge < -0.3 is 0 Å². The molecule has 1 aromatic rings. The van der Waals surface area contributed by atoms with Crippen molar-refractivity contribution in [1.82, 2.24) is 0 Å². The molecule has 0 saturated carbocycles. The van der Waals surface area contributed by atoms with Gasteiger partial charge in [-0.1, -0.05) is 31.5 Å². The van der Waals surface area contributed by atoms with E-state index in [1.54, 1.807) is 0 Å². The van der Waals surface area contributed by atoms with Crippen molar-refractivity contribution in [3.8, 4) is 0 Å². The van der Waals surface area contributed by atoms with E-state index in [1.807, 2.05) is 18.2 Å². The highest BCUT2D eigenvalue weighted by Gasteiger charge is 2.27. The third kappa shape index (κ3) is 1.36. The standard InChI is InChI=1S/C11H13Cl/c1-11(2)6-8-3-4-10(12)5-9(8)7-11/h3-5H,6-7H2,1-2H3/i7D. The molecule has 1 aliphatic carbocycles. The van der Waals surface area contributed by atoms with Crippen LogP contribution in [0.15, 0.2) is 18.2 Å². The monoisotopic (exact) mass is 181 g/mol. The molecule has 0 radical (unpaired) electrons. The minimum atomic E-state index is -0.124. The van der Waals surface area contributed by atoms with Crippen molar-refractivity contribution in [3.05, 3.63) is 34.3 Å². The van der Waals surface area contributed by atoms with Gasteiger partial charge in [0.05, 0.1) is 0 Å². The highest BCUT2D eigenvalue weighted by atomic mass is 35.5. The summed E-state index contributed by atoms with van der Waals surface area (Å²) in [7, 11) is 0. The Kier molecular flexibility index (Phi) is 1.45. The van der Waals surface area contributed by atoms with Crippen LogP contribution in [0.25, 0.3) is 0 Å². The van der Waals surface area contributed by atoms with Crippen LogP contribution in [-0.4, -0.2) is 0 Å². The number of hydrogen-bond acceptors (Lipinski definition) is 0. The summed E-state index contributed by atoms with van der Waals surface area (Å²) in [6.45, 7) is 4.27. The van der Waals surface area contributed by atoms with Crippen LogP contribution in [0, 0.1) is 5.41 Å². The average molecular weight is 182 g/mol. The van der Waals surface area contributed by atoms with Gasteiger partial charge in [0.15, 0.2) is 0 Å². The molecule has 2 rings (SSSR count). The van der Waals surface area contributed by atoms with E-state index >= 15 is 0 Å². The van der Waals surface area contributed by atoms with Crippen LogP contribution >= 0.6 is 11.6 Å². The van der Waals surface area contributed by atoms with E-state index in [9.17, 15) is 0 Å². The zero-order valence-electron chi connectivity index (χ0n) is 8.39. The second kappa shape index (κ2) is 2.50. The van der Waals surface area contributed by atoms with Crippen LogP contribution in [0.1, 0.15) is 26.3 Å². The molecule has 0 heterocycles. The number of halogens is 1. The van der Waals surface area contributed by atoms with Crippen molar-refractivity contribution in [2.75, 3.05) is 0 Å². The maximum Gasteiger partial charge on any atom is 0.0408 e. The highest BCUT2D eigenvalue weighted by molar-refractivity contribution is 6.30. The van der Waals surface area contributed by atoms with E-state index in [4.69, 9.17) is 13.0 Å². The summed E-state index contributed by atoms with van der Waals surface area (Å²) in [5.74, 6) is 0. The molecular weight excluding hydrogens is 168 g/mol. The van der Waals surface area contributed by atoms with Gasteiger partial charge in [-0.15, -0.1) is 0 Å². The fraction of sp³-hybridized carbons (Fsp3) is 0.455. The molecule has 0 aliphatic heterocycles. The van der Waals surface area contributed by atoms with Crippen LogP contribution in [0.5, 0.6) is 0 Å². The SMILES string of the molecule is [2H]C1c2cc(Cl)ccc2CC1(C)C. The first-order valence-electron chi connectivity index (χ1n) is 4.79. The number of fused-ring (bicyclic) bond motifs is 1. The molecule has 0 aromatic heterocycles. The molecule has 0 bridgehead atoms. The molecule has 0 spiro atoms. The van der Waals surface area contributed by atoms with Gasteiger partial charge in [-0.2, -0.15) is 0 Å². The van der Waals surface area contributed by atoms with Crippen molar-refractivity contribution < 1.29 is 1.37 Å². The van der Waals surface area contributed by atoms with Gasteiger partial charge in [0.2, 0.25) is 0 Å². The van der Waals surface area contributed by atoms with Crippen molar-refractivity contribution in [2.24, 2.45) is 5.41 Å². The summed E-state index contributed by atoms with van der Waals surface area (Å²) in [4.78, 5) is 0. The lowest BCUT2D eigenvalue weighted by Crippen LogP contribution is -2.09. The minimum Gasteiger partial charge on any atom is -0.0843 e. The van der Waals surface area contributed by atoms with Crippen molar-refractivity contribution in [1.29, 1.82) is 0 Å². The minimum absolute atomic E-state index is 0.0625. The average Bonchev–Trinajstić information content (AvgIpc) is 2.26. The van der Waals surface area contributed by atoms with Crippen LogP contribution in [0.2, 0.25) is 5.02 Å². The predicted molar refractivity (Wildman–Crippen MR) is 52.6 cm³/mol. The summed E-state index contributed by atoms with van der Waals surface area (Å²) < 4.78 is 8.05. The van der Waals surface area contributed by atoms with E-state index in [2.05, 4.69) is 13.8 Å². The van der Waals surface area contributed by atoms with Crippen LogP contribution in [-0.2, 0) is 12.8 Å². The van der Waals surface area contributed by atoms with Gasteiger partial charge >= 0.3 is 0 Å². The molecular formula is C11H13Cl. The summed E-state index contributed by atoms with van der Waals surface area (Å²) in [5.41, 5.74) is 2.46. The largest absolute Gasteiger partial charge is 0.0843 e. The van der Waals surface area contributed by atoms with Crippen LogP contribution < -0.4 is 0 Å². The first-order chi connectivity index (χ1) is 6.00. The topological polar surface area (TPSA) is 0 Å². The Hall–Kier alpha value is -0.490. The second-order valence-electron chi connectivity index (χ2n) is 4.15. The van der Waals surface area contributed by atoms with Crippen molar-refractivity contribution in [2.45, 2.75) is 26.7 Å². The number of benzene rings is 1. The Morgan fingerprint density at radius 1 is 1.42 bits per heavy atom. The van der Waals surface area contributed by atoms with Gasteiger partial charge in [0.25, 0.3) is 0 Å². The second-order valence-corrected chi connectivity index (χ2v) is 4.59. The van der Waals surface area contributed by atoms with Gasteiger partial charge in [0, 0.05) is 6.39 Å². The maximum atomic E-state index is 8.05. The number of rotatable bonds is 0. The van der Waals surface area contributed by atoms with Crippen molar-refractivity contribution >= 4 is 11.6 Å². The van der Waals surface area contributed by atoms with Crippen molar-refractivity contribution in [3.63, 3.8) is 0 Å². The molecule has 0 N–H and O–H groups in total. The molecule has 1 heteroatoms. The third-order valence-corrected chi connectivity index (χ3v) is 2.54. The zero-order chi connectivity index (χ0) is 9.64. The highest BCUT2D eigenvalue weighted by Crippen LogP contribution is 2.36. The molecule has 1 aliphatic rings. The third-order valence-electron chi connectivity index (χ3n) is 2.30. The zero-order valence-corrected chi connectivity index (χ0v) is 8.15. The molecule has 1 atom stereocenters. The smallest absolute Gasteiger partial charge is 0.0408 e. The van der Waals surface area contributed by atoms with Crippen LogP contribution in [0.3, 0.4) is 0 Å². The molecule has 0 nitrogen and oxygen atoms in total. The number of hydrogen-bond donors (Lipinski definition) is 0. The molecule has 0 saturated heterocycles. The van der Waals surface area contributed by atoms with Gasteiger partial charge in [0.1, 0.15) is 0 Å². The fourth-order valence-corrected chi connectivity index (χ4v) is 2.00. The molecule has 0 fully saturated rings. The molecule has 64 valence electrons. The fourth-order valence-electron chi connectivity index (χ4n) is 1.82. The molecule has 1 unspecified atom stereocenters. The molecule has 0 amide bonds. The lowest BCUT2D eigenvalue weighted by Gasteiger charge is -2.14. The van der Waals surface area contributed by atoms with E-state index in [0.29, 0.717) is 0 Å². The van der Waals surface area contributed by atoms with Gasteiger partial charge in [-0.25, -0.2) is 0 Å². The molecule has 12 heavy (non-hydrogen) atoms. The van der Waals surface area contributed by atoms with E-state index in [-0.39, 0.29) is 11.8 Å². The first kappa shape index (κ1) is 6.97. The molecule has 1 aromatic carbocycles. The Morgan fingerprint density at radius 3 is 2.92 bits per heavy atom. The van der Waals surface area contributed by atoms with Gasteiger partial charge in [-0.05, 0) is 41.5 Å². The summed E-state index contributed by atoms with van der Waals surface area (Å²) in [6, 6.07) is 5.89. The Labute approximate surface area is 80.0 Å². The predicted octanol–water partition coefficient (Wildman–Crippen LogP) is 3.46. The lowest BCUT2D eigenvalue weighted by atomic mass is 9.90. The Balaban J connectivity index is 2.51. The quantitative estimate of drug-likeness (QED) is 0.575. The maximum absolute atomic E-state index is 8.05. The lowest BCUT2D eigenvalue weighted by molar-refractivity contribution is 0.392. The summed E-state index contributed by atoms with van der Waals surface area (Å²) in [5, 5.41) is 0.744. The van der Waals surface area contributed by atoms with E-state index < -0.39 is 0 Å². The van der Waals surface area contributed by atoms with Gasteiger partial charge in [-0.3, -0.25) is 0 Å². The Morgan fingerprint density at radius 2 is 2.17 bits per heavy atom. The van der Waals surface area contributed by atoms with E-state index in [0.717, 1.165) is 17.0 Å². The Bertz CT molecular complexity index is 344. The van der Waals surface area contributed by atoms with E-state index in [1.165, 1.54) is 5.56 Å². The van der Waals surface area contributed by atoms with Crippen LogP contribution in [0.4, 0.5) is 0 Å².